The Hall–Kier alpha value is -3.89. The Bertz CT molecular complexity index is 1260. The van der Waals surface area contributed by atoms with Gasteiger partial charge in [0.25, 0.3) is 5.91 Å². The average molecular weight is 507 g/mol. The Balaban J connectivity index is 1.85. The van der Waals surface area contributed by atoms with Crippen molar-refractivity contribution >= 4 is 11.8 Å². The number of likely N-dealkylation sites (N-methyl/N-ethyl adjacent to an activating group) is 1. The van der Waals surface area contributed by atoms with Gasteiger partial charge in [-0.3, -0.25) is 14.6 Å². The molecule has 36 heavy (non-hydrogen) atoms. The molecule has 0 fully saturated rings. The Kier molecular flexibility index (Phi) is 6.50. The van der Waals surface area contributed by atoms with Crippen molar-refractivity contribution in [2.24, 2.45) is 0 Å². The van der Waals surface area contributed by atoms with Crippen LogP contribution in [0.25, 0.3) is 0 Å². The molecule has 0 spiro atoms. The molecule has 3 aromatic rings. The van der Waals surface area contributed by atoms with E-state index < -0.39 is 52.8 Å². The van der Waals surface area contributed by atoms with Gasteiger partial charge in [0.15, 0.2) is 0 Å². The lowest BCUT2D eigenvalue weighted by Crippen LogP contribution is -2.45. The summed E-state index contributed by atoms with van der Waals surface area (Å²) in [6.07, 6.45) is -7.14. The van der Waals surface area contributed by atoms with Crippen LogP contribution in [0.1, 0.15) is 50.1 Å². The number of halogens is 6. The van der Waals surface area contributed by atoms with E-state index in [0.717, 1.165) is 4.90 Å². The number of fused-ring (bicyclic) bond motifs is 1. The Morgan fingerprint density at radius 2 is 1.53 bits per heavy atom. The third-order valence-corrected chi connectivity index (χ3v) is 6.03. The normalized spacial score (nSPS) is 18.1. The van der Waals surface area contributed by atoms with E-state index in [2.05, 4.69) is 10.3 Å². The van der Waals surface area contributed by atoms with Gasteiger partial charge in [0.05, 0.1) is 23.1 Å². The summed E-state index contributed by atoms with van der Waals surface area (Å²) in [5, 5.41) is 2.69. The molecule has 0 saturated heterocycles. The van der Waals surface area contributed by atoms with Gasteiger partial charge < -0.3 is 10.2 Å². The van der Waals surface area contributed by atoms with Crippen LogP contribution in [-0.4, -0.2) is 28.7 Å². The second-order valence-corrected chi connectivity index (χ2v) is 8.34. The zero-order chi connectivity index (χ0) is 26.3. The van der Waals surface area contributed by atoms with Gasteiger partial charge in [-0.25, -0.2) is 0 Å². The SMILES string of the molecule is CN1C(=O)c2ccccc2C(C(=O)NCc2ccncc2)C1c1cc(C(F)(F)F)cc(C(F)(F)F)c1. The zero-order valence-corrected chi connectivity index (χ0v) is 18.7. The topological polar surface area (TPSA) is 62.3 Å². The molecule has 1 aliphatic rings. The minimum absolute atomic E-state index is 0.0145. The summed E-state index contributed by atoms with van der Waals surface area (Å²) in [6, 6.07) is 9.03. The van der Waals surface area contributed by atoms with Crippen molar-refractivity contribution in [1.82, 2.24) is 15.2 Å². The second kappa shape index (κ2) is 9.29. The summed E-state index contributed by atoms with van der Waals surface area (Å²) < 4.78 is 81.3. The number of rotatable bonds is 4. The number of nitrogens with one attached hydrogen (secondary N) is 1. The molecule has 4 rings (SSSR count). The van der Waals surface area contributed by atoms with Crippen molar-refractivity contribution in [3.8, 4) is 0 Å². The van der Waals surface area contributed by atoms with Crippen LogP contribution in [0.15, 0.2) is 67.0 Å². The smallest absolute Gasteiger partial charge is 0.351 e. The van der Waals surface area contributed by atoms with Crippen molar-refractivity contribution < 1.29 is 35.9 Å². The lowest BCUT2D eigenvalue weighted by Gasteiger charge is -2.40. The number of hydrogen-bond donors (Lipinski definition) is 1. The molecule has 2 unspecified atom stereocenters. The van der Waals surface area contributed by atoms with Crippen LogP contribution in [0.5, 0.6) is 0 Å². The highest BCUT2D eigenvalue weighted by Gasteiger charge is 2.45. The summed E-state index contributed by atoms with van der Waals surface area (Å²) in [6.45, 7) is 0.0425. The number of benzene rings is 2. The minimum Gasteiger partial charge on any atom is -0.351 e. The first kappa shape index (κ1) is 25.2. The van der Waals surface area contributed by atoms with E-state index in [4.69, 9.17) is 0 Å². The first-order valence-electron chi connectivity index (χ1n) is 10.7. The van der Waals surface area contributed by atoms with E-state index in [1.807, 2.05) is 0 Å². The lowest BCUT2D eigenvalue weighted by molar-refractivity contribution is -0.143. The summed E-state index contributed by atoms with van der Waals surface area (Å²) in [7, 11) is 1.25. The van der Waals surface area contributed by atoms with Crippen molar-refractivity contribution in [3.63, 3.8) is 0 Å². The summed E-state index contributed by atoms with van der Waals surface area (Å²) in [5.74, 6) is -2.55. The highest BCUT2D eigenvalue weighted by Crippen LogP contribution is 2.45. The molecule has 1 N–H and O–H groups in total. The highest BCUT2D eigenvalue weighted by atomic mass is 19.4. The van der Waals surface area contributed by atoms with Gasteiger partial charge in [0.1, 0.15) is 0 Å². The second-order valence-electron chi connectivity index (χ2n) is 8.34. The lowest BCUT2D eigenvalue weighted by atomic mass is 9.78. The minimum atomic E-state index is -5.08. The average Bonchev–Trinajstić information content (AvgIpc) is 2.84. The molecule has 1 aromatic heterocycles. The molecule has 0 radical (unpaired) electrons. The fourth-order valence-corrected chi connectivity index (χ4v) is 4.32. The third kappa shape index (κ3) is 4.91. The van der Waals surface area contributed by atoms with Gasteiger partial charge in [0.2, 0.25) is 5.91 Å². The predicted molar refractivity (Wildman–Crippen MR) is 117 cm³/mol. The standard InChI is InChI=1S/C25H19F6N3O2/c1-34-21(15-10-16(24(26,27)28)12-17(11-15)25(29,30)31)20(18-4-2-3-5-19(18)23(34)36)22(35)33-13-14-6-8-32-9-7-14/h2-12,20-21H,13H2,1H3,(H,33,35). The number of aromatic nitrogens is 1. The largest absolute Gasteiger partial charge is 0.416 e. The molecule has 0 bridgehead atoms. The van der Waals surface area contributed by atoms with Crippen molar-refractivity contribution in [3.05, 3.63) is 100 Å². The zero-order valence-electron chi connectivity index (χ0n) is 18.7. The van der Waals surface area contributed by atoms with Crippen LogP contribution >= 0.6 is 0 Å². The summed E-state index contributed by atoms with van der Waals surface area (Å²) >= 11 is 0. The van der Waals surface area contributed by atoms with Crippen LogP contribution in [0.4, 0.5) is 26.3 Å². The molecular weight excluding hydrogens is 488 g/mol. The van der Waals surface area contributed by atoms with E-state index in [9.17, 15) is 35.9 Å². The van der Waals surface area contributed by atoms with Crippen molar-refractivity contribution in [2.45, 2.75) is 30.9 Å². The van der Waals surface area contributed by atoms with Gasteiger partial charge in [-0.15, -0.1) is 0 Å². The number of pyridine rings is 1. The van der Waals surface area contributed by atoms with Crippen molar-refractivity contribution in [1.29, 1.82) is 0 Å². The third-order valence-electron chi connectivity index (χ3n) is 6.03. The first-order valence-corrected chi connectivity index (χ1v) is 10.7. The maximum Gasteiger partial charge on any atom is 0.416 e. The van der Waals surface area contributed by atoms with Gasteiger partial charge in [-0.1, -0.05) is 18.2 Å². The molecule has 0 saturated carbocycles. The Morgan fingerprint density at radius 3 is 2.11 bits per heavy atom. The summed E-state index contributed by atoms with van der Waals surface area (Å²) in [4.78, 5) is 31.4. The maximum atomic E-state index is 13.5. The number of amides is 2. The van der Waals surface area contributed by atoms with E-state index in [0.29, 0.717) is 17.7 Å². The van der Waals surface area contributed by atoms with Gasteiger partial charge >= 0.3 is 12.4 Å². The Morgan fingerprint density at radius 1 is 0.944 bits per heavy atom. The fraction of sp³-hybridized carbons (Fsp3) is 0.240. The molecule has 2 aromatic carbocycles. The number of nitrogens with zero attached hydrogens (tertiary/aromatic N) is 2. The van der Waals surface area contributed by atoms with E-state index in [-0.39, 0.29) is 23.7 Å². The van der Waals surface area contributed by atoms with E-state index >= 15 is 0 Å². The molecule has 2 heterocycles. The van der Waals surface area contributed by atoms with Crippen LogP contribution in [0, 0.1) is 0 Å². The van der Waals surface area contributed by atoms with Crippen LogP contribution in [0.3, 0.4) is 0 Å². The number of carbonyl (C=O) groups excluding carboxylic acids is 2. The fourth-order valence-electron chi connectivity index (χ4n) is 4.32. The first-order chi connectivity index (χ1) is 16.9. The molecule has 5 nitrogen and oxygen atoms in total. The van der Waals surface area contributed by atoms with Gasteiger partial charge in [0, 0.05) is 31.5 Å². The molecular formula is C25H19F6N3O2. The van der Waals surface area contributed by atoms with Crippen LogP contribution in [-0.2, 0) is 23.7 Å². The van der Waals surface area contributed by atoms with E-state index in [1.54, 1.807) is 24.3 Å². The molecule has 2 amide bonds. The highest BCUT2D eigenvalue weighted by molar-refractivity contribution is 6.01. The number of hydrogen-bond acceptors (Lipinski definition) is 3. The number of carbonyl (C=O) groups is 2. The Labute approximate surface area is 201 Å². The quantitative estimate of drug-likeness (QED) is 0.485. The maximum absolute atomic E-state index is 13.5. The summed E-state index contributed by atoms with van der Waals surface area (Å²) in [5.41, 5.74) is -2.47. The molecule has 188 valence electrons. The van der Waals surface area contributed by atoms with Crippen LogP contribution < -0.4 is 5.32 Å². The molecule has 11 heteroatoms. The van der Waals surface area contributed by atoms with Gasteiger partial charge in [-0.05, 0) is 53.1 Å². The monoisotopic (exact) mass is 507 g/mol. The van der Waals surface area contributed by atoms with Gasteiger partial charge in [-0.2, -0.15) is 26.3 Å². The number of alkyl halides is 6. The predicted octanol–water partition coefficient (Wildman–Crippen LogP) is 5.35. The van der Waals surface area contributed by atoms with Crippen molar-refractivity contribution in [2.75, 3.05) is 7.05 Å². The molecule has 0 aliphatic carbocycles. The van der Waals surface area contributed by atoms with Crippen LogP contribution in [0.2, 0.25) is 0 Å². The molecule has 1 aliphatic heterocycles. The molecule has 2 atom stereocenters. The van der Waals surface area contributed by atoms with E-state index in [1.165, 1.54) is 31.6 Å².